The van der Waals surface area contributed by atoms with Crippen LogP contribution in [0.2, 0.25) is 0 Å². The minimum absolute atomic E-state index is 0.742. The summed E-state index contributed by atoms with van der Waals surface area (Å²) in [6.07, 6.45) is 8.35. The van der Waals surface area contributed by atoms with Gasteiger partial charge in [0.05, 0.1) is 6.54 Å². The van der Waals surface area contributed by atoms with Gasteiger partial charge in [-0.05, 0) is 25.7 Å². The molecule has 1 aromatic heterocycles. The molecule has 0 radical (unpaired) electrons. The molecule has 120 valence electrons. The molecule has 0 saturated heterocycles. The molecule has 4 nitrogen and oxygen atoms in total. The molecule has 21 heavy (non-hydrogen) atoms. The Balaban J connectivity index is 2.35. The first-order valence-electron chi connectivity index (χ1n) is 8.05. The SMILES string of the molecule is CCCCC(CCC)CNC(=NC)NCc1ncc(C)s1. The van der Waals surface area contributed by atoms with Crippen LogP contribution in [0.4, 0.5) is 0 Å². The van der Waals surface area contributed by atoms with Crippen LogP contribution in [-0.2, 0) is 6.54 Å². The van der Waals surface area contributed by atoms with Gasteiger partial charge in [0.15, 0.2) is 5.96 Å². The van der Waals surface area contributed by atoms with Crippen molar-refractivity contribution in [3.8, 4) is 0 Å². The number of rotatable bonds is 9. The summed E-state index contributed by atoms with van der Waals surface area (Å²) >= 11 is 1.73. The van der Waals surface area contributed by atoms with Crippen molar-refractivity contribution in [2.24, 2.45) is 10.9 Å². The topological polar surface area (TPSA) is 49.3 Å². The maximum atomic E-state index is 4.36. The van der Waals surface area contributed by atoms with Crippen molar-refractivity contribution in [2.45, 2.75) is 59.4 Å². The van der Waals surface area contributed by atoms with Crippen molar-refractivity contribution in [1.82, 2.24) is 15.6 Å². The average Bonchev–Trinajstić information content (AvgIpc) is 2.90. The van der Waals surface area contributed by atoms with Crippen LogP contribution < -0.4 is 10.6 Å². The van der Waals surface area contributed by atoms with Gasteiger partial charge in [0.2, 0.25) is 0 Å². The lowest BCUT2D eigenvalue weighted by atomic mass is 9.97. The van der Waals surface area contributed by atoms with Crippen LogP contribution >= 0.6 is 11.3 Å². The summed E-state index contributed by atoms with van der Waals surface area (Å²) in [5.41, 5.74) is 0. The molecule has 1 heterocycles. The number of thiazole rings is 1. The summed E-state index contributed by atoms with van der Waals surface area (Å²) in [5.74, 6) is 1.62. The molecule has 1 unspecified atom stereocenters. The van der Waals surface area contributed by atoms with E-state index in [-0.39, 0.29) is 0 Å². The van der Waals surface area contributed by atoms with Gasteiger partial charge >= 0.3 is 0 Å². The predicted molar refractivity (Wildman–Crippen MR) is 93.0 cm³/mol. The van der Waals surface area contributed by atoms with E-state index < -0.39 is 0 Å². The highest BCUT2D eigenvalue weighted by atomic mass is 32.1. The van der Waals surface area contributed by atoms with Crippen LogP contribution in [0.5, 0.6) is 0 Å². The Morgan fingerprint density at radius 2 is 2.10 bits per heavy atom. The Kier molecular flexibility index (Phi) is 9.06. The molecule has 0 aliphatic heterocycles. The van der Waals surface area contributed by atoms with Gasteiger partial charge in [0.25, 0.3) is 0 Å². The van der Waals surface area contributed by atoms with E-state index in [0.29, 0.717) is 0 Å². The summed E-state index contributed by atoms with van der Waals surface area (Å²) in [7, 11) is 1.82. The van der Waals surface area contributed by atoms with Gasteiger partial charge in [-0.25, -0.2) is 4.98 Å². The molecule has 0 fully saturated rings. The standard InChI is InChI=1S/C16H30N4S/c1-5-7-9-14(8-6-2)11-19-16(17-4)20-12-15-18-10-13(3)21-15/h10,14H,5-9,11-12H2,1-4H3,(H2,17,19,20). The number of aromatic nitrogens is 1. The van der Waals surface area contributed by atoms with Crippen LogP contribution in [-0.4, -0.2) is 24.5 Å². The van der Waals surface area contributed by atoms with E-state index in [1.807, 2.05) is 13.2 Å². The van der Waals surface area contributed by atoms with Crippen molar-refractivity contribution < 1.29 is 0 Å². The fraction of sp³-hybridized carbons (Fsp3) is 0.750. The summed E-state index contributed by atoms with van der Waals surface area (Å²) < 4.78 is 0. The van der Waals surface area contributed by atoms with Gasteiger partial charge in [-0.15, -0.1) is 11.3 Å². The predicted octanol–water partition coefficient (Wildman–Crippen LogP) is 3.72. The highest BCUT2D eigenvalue weighted by molar-refractivity contribution is 7.11. The van der Waals surface area contributed by atoms with Gasteiger partial charge < -0.3 is 10.6 Å². The summed E-state index contributed by atoms with van der Waals surface area (Å²) in [4.78, 5) is 9.90. The minimum atomic E-state index is 0.742. The lowest BCUT2D eigenvalue weighted by molar-refractivity contribution is 0.423. The molecule has 1 atom stereocenters. The molecule has 0 aliphatic rings. The number of unbranched alkanes of at least 4 members (excludes halogenated alkanes) is 1. The number of nitrogens with one attached hydrogen (secondary N) is 2. The zero-order valence-corrected chi connectivity index (χ0v) is 14.7. The maximum Gasteiger partial charge on any atom is 0.191 e. The van der Waals surface area contributed by atoms with Gasteiger partial charge in [-0.2, -0.15) is 0 Å². The zero-order valence-electron chi connectivity index (χ0n) is 13.9. The first-order valence-corrected chi connectivity index (χ1v) is 8.87. The third-order valence-corrected chi connectivity index (χ3v) is 4.43. The fourth-order valence-electron chi connectivity index (χ4n) is 2.35. The largest absolute Gasteiger partial charge is 0.356 e. The van der Waals surface area contributed by atoms with Gasteiger partial charge in [0, 0.05) is 24.7 Å². The lowest BCUT2D eigenvalue weighted by Crippen LogP contribution is -2.39. The molecule has 0 amide bonds. The molecule has 2 N–H and O–H groups in total. The number of aliphatic imine (C=N–C) groups is 1. The molecule has 0 aromatic carbocycles. The summed E-state index contributed by atoms with van der Waals surface area (Å²) in [6, 6.07) is 0. The Morgan fingerprint density at radius 3 is 2.67 bits per heavy atom. The Bertz CT molecular complexity index is 414. The molecule has 0 saturated carbocycles. The number of guanidine groups is 1. The molecular weight excluding hydrogens is 280 g/mol. The molecule has 0 spiro atoms. The van der Waals surface area contributed by atoms with E-state index in [1.165, 1.54) is 37.0 Å². The van der Waals surface area contributed by atoms with Crippen LogP contribution in [0.25, 0.3) is 0 Å². The van der Waals surface area contributed by atoms with E-state index in [9.17, 15) is 0 Å². The molecule has 1 aromatic rings. The fourth-order valence-corrected chi connectivity index (χ4v) is 3.08. The van der Waals surface area contributed by atoms with E-state index in [4.69, 9.17) is 0 Å². The second kappa shape index (κ2) is 10.6. The van der Waals surface area contributed by atoms with Crippen LogP contribution in [0.1, 0.15) is 55.8 Å². The lowest BCUT2D eigenvalue weighted by Gasteiger charge is -2.18. The van der Waals surface area contributed by atoms with Gasteiger partial charge in [-0.3, -0.25) is 4.99 Å². The number of hydrogen-bond acceptors (Lipinski definition) is 3. The quantitative estimate of drug-likeness (QED) is 0.540. The Labute approximate surface area is 133 Å². The maximum absolute atomic E-state index is 4.36. The average molecular weight is 311 g/mol. The smallest absolute Gasteiger partial charge is 0.191 e. The highest BCUT2D eigenvalue weighted by Crippen LogP contribution is 2.14. The minimum Gasteiger partial charge on any atom is -0.356 e. The van der Waals surface area contributed by atoms with Crippen molar-refractivity contribution >= 4 is 17.3 Å². The Morgan fingerprint density at radius 1 is 1.29 bits per heavy atom. The van der Waals surface area contributed by atoms with Crippen molar-refractivity contribution in [2.75, 3.05) is 13.6 Å². The first-order chi connectivity index (χ1) is 10.2. The van der Waals surface area contributed by atoms with Gasteiger partial charge in [-0.1, -0.05) is 33.1 Å². The zero-order chi connectivity index (χ0) is 15.5. The van der Waals surface area contributed by atoms with Crippen LogP contribution in [0.15, 0.2) is 11.2 Å². The molecule has 0 aliphatic carbocycles. The number of hydrogen-bond donors (Lipinski definition) is 2. The van der Waals surface area contributed by atoms with Crippen LogP contribution in [0, 0.1) is 12.8 Å². The number of nitrogens with zero attached hydrogens (tertiary/aromatic N) is 2. The summed E-state index contributed by atoms with van der Waals surface area (Å²) in [5, 5.41) is 7.90. The van der Waals surface area contributed by atoms with Crippen molar-refractivity contribution in [3.05, 3.63) is 16.1 Å². The second-order valence-electron chi connectivity index (χ2n) is 5.47. The third-order valence-electron chi connectivity index (χ3n) is 3.52. The third kappa shape index (κ3) is 7.46. The Hall–Kier alpha value is -1.10. The van der Waals surface area contributed by atoms with E-state index >= 15 is 0 Å². The monoisotopic (exact) mass is 310 g/mol. The molecule has 5 heteroatoms. The molecule has 1 rings (SSSR count). The molecule has 0 bridgehead atoms. The second-order valence-corrected chi connectivity index (χ2v) is 6.79. The van der Waals surface area contributed by atoms with E-state index in [1.54, 1.807) is 11.3 Å². The first kappa shape index (κ1) is 18.0. The van der Waals surface area contributed by atoms with Gasteiger partial charge in [0.1, 0.15) is 5.01 Å². The summed E-state index contributed by atoms with van der Waals surface area (Å²) in [6.45, 7) is 8.34. The van der Waals surface area contributed by atoms with Crippen LogP contribution in [0.3, 0.4) is 0 Å². The van der Waals surface area contributed by atoms with E-state index in [0.717, 1.165) is 30.0 Å². The number of aryl methyl sites for hydroxylation is 1. The molecular formula is C16H30N4S. The van der Waals surface area contributed by atoms with Crippen molar-refractivity contribution in [3.63, 3.8) is 0 Å². The van der Waals surface area contributed by atoms with Crippen molar-refractivity contribution in [1.29, 1.82) is 0 Å². The van der Waals surface area contributed by atoms with E-state index in [2.05, 4.69) is 41.4 Å². The highest BCUT2D eigenvalue weighted by Gasteiger charge is 2.08. The normalized spacial score (nSPS) is 13.2.